The zero-order valence-electron chi connectivity index (χ0n) is 11.2. The van der Waals surface area contributed by atoms with Gasteiger partial charge in [0.2, 0.25) is 0 Å². The highest BCUT2D eigenvalue weighted by Crippen LogP contribution is 2.40. The average molecular weight is 263 g/mol. The van der Waals surface area contributed by atoms with Gasteiger partial charge in [-0.2, -0.15) is 0 Å². The number of hydrogen-bond donors (Lipinski definition) is 0. The van der Waals surface area contributed by atoms with Crippen LogP contribution in [-0.2, 0) is 6.54 Å². The van der Waals surface area contributed by atoms with Crippen LogP contribution in [0.5, 0.6) is 0 Å². The molecule has 1 saturated carbocycles. The number of nitrogens with zero attached hydrogens (tertiary/aromatic N) is 2. The van der Waals surface area contributed by atoms with Gasteiger partial charge in [0, 0.05) is 6.54 Å². The van der Waals surface area contributed by atoms with E-state index in [9.17, 15) is 0 Å². The van der Waals surface area contributed by atoms with E-state index >= 15 is 0 Å². The highest BCUT2D eigenvalue weighted by molar-refractivity contribution is 6.20. The highest BCUT2D eigenvalue weighted by Gasteiger charge is 2.33. The Kier molecular flexibility index (Phi) is 2.86. The molecule has 1 aromatic carbocycles. The maximum absolute atomic E-state index is 6.28. The van der Waals surface area contributed by atoms with Gasteiger partial charge in [0.1, 0.15) is 5.82 Å². The summed E-state index contributed by atoms with van der Waals surface area (Å²) >= 11 is 6.28. The summed E-state index contributed by atoms with van der Waals surface area (Å²) in [4.78, 5) is 4.69. The molecule has 1 heterocycles. The maximum Gasteiger partial charge on any atom is 0.127 e. The molecule has 0 aliphatic heterocycles. The lowest BCUT2D eigenvalue weighted by molar-refractivity contribution is 0.582. The standard InChI is InChI=1S/C15H19ClN2/c1-9-4-5-13-14(6-9)18(8-12-7-10(12)2)15(17-13)11(3)16/h4-6,10-12H,7-8H2,1-3H3. The topological polar surface area (TPSA) is 17.8 Å². The van der Waals surface area contributed by atoms with Crippen molar-refractivity contribution in [2.24, 2.45) is 11.8 Å². The van der Waals surface area contributed by atoms with Crippen LogP contribution < -0.4 is 0 Å². The molecule has 0 radical (unpaired) electrons. The molecule has 0 N–H and O–H groups in total. The van der Waals surface area contributed by atoms with Crippen molar-refractivity contribution >= 4 is 22.6 Å². The third-order valence-electron chi connectivity index (χ3n) is 3.98. The van der Waals surface area contributed by atoms with Crippen LogP contribution in [0.25, 0.3) is 11.0 Å². The van der Waals surface area contributed by atoms with Gasteiger partial charge >= 0.3 is 0 Å². The van der Waals surface area contributed by atoms with E-state index < -0.39 is 0 Å². The summed E-state index contributed by atoms with van der Waals surface area (Å²) in [6.45, 7) is 7.51. The van der Waals surface area contributed by atoms with Crippen molar-refractivity contribution in [3.63, 3.8) is 0 Å². The molecule has 3 heteroatoms. The van der Waals surface area contributed by atoms with Crippen molar-refractivity contribution in [2.75, 3.05) is 0 Å². The fourth-order valence-electron chi connectivity index (χ4n) is 2.63. The molecule has 0 spiro atoms. The first kappa shape index (κ1) is 12.0. The average Bonchev–Trinajstić information content (AvgIpc) is 2.87. The van der Waals surface area contributed by atoms with Gasteiger partial charge in [-0.3, -0.25) is 0 Å². The van der Waals surface area contributed by atoms with Gasteiger partial charge < -0.3 is 4.57 Å². The highest BCUT2D eigenvalue weighted by atomic mass is 35.5. The summed E-state index contributed by atoms with van der Waals surface area (Å²) < 4.78 is 2.33. The number of aryl methyl sites for hydroxylation is 1. The quantitative estimate of drug-likeness (QED) is 0.754. The Bertz CT molecular complexity index is 585. The van der Waals surface area contributed by atoms with Crippen LogP contribution in [0.4, 0.5) is 0 Å². The van der Waals surface area contributed by atoms with E-state index in [0.29, 0.717) is 0 Å². The van der Waals surface area contributed by atoms with Crippen LogP contribution in [0.3, 0.4) is 0 Å². The van der Waals surface area contributed by atoms with Crippen molar-refractivity contribution in [1.82, 2.24) is 9.55 Å². The van der Waals surface area contributed by atoms with Crippen LogP contribution in [-0.4, -0.2) is 9.55 Å². The summed E-state index contributed by atoms with van der Waals surface area (Å²) in [5.74, 6) is 2.67. The van der Waals surface area contributed by atoms with E-state index in [0.717, 1.165) is 29.7 Å². The minimum atomic E-state index is -0.0354. The van der Waals surface area contributed by atoms with Crippen molar-refractivity contribution in [2.45, 2.75) is 39.1 Å². The number of aromatic nitrogens is 2. The normalized spacial score (nSPS) is 24.4. The van der Waals surface area contributed by atoms with Crippen molar-refractivity contribution in [3.8, 4) is 0 Å². The van der Waals surface area contributed by atoms with Gasteiger partial charge in [0.15, 0.2) is 0 Å². The summed E-state index contributed by atoms with van der Waals surface area (Å²) in [6, 6.07) is 6.43. The first-order chi connectivity index (χ1) is 8.56. The number of halogens is 1. The lowest BCUT2D eigenvalue weighted by Crippen LogP contribution is -2.06. The number of benzene rings is 1. The fraction of sp³-hybridized carbons (Fsp3) is 0.533. The van der Waals surface area contributed by atoms with E-state index in [1.54, 1.807) is 0 Å². The van der Waals surface area contributed by atoms with E-state index in [2.05, 4.69) is 36.6 Å². The third-order valence-corrected chi connectivity index (χ3v) is 4.18. The zero-order valence-corrected chi connectivity index (χ0v) is 11.9. The Labute approximate surface area is 113 Å². The number of fused-ring (bicyclic) bond motifs is 1. The Morgan fingerprint density at radius 1 is 1.50 bits per heavy atom. The number of hydrogen-bond acceptors (Lipinski definition) is 1. The Morgan fingerprint density at radius 2 is 2.22 bits per heavy atom. The molecule has 3 unspecified atom stereocenters. The van der Waals surface area contributed by atoms with Gasteiger partial charge in [0.25, 0.3) is 0 Å². The minimum Gasteiger partial charge on any atom is -0.326 e. The molecular formula is C15H19ClN2. The number of alkyl halides is 1. The van der Waals surface area contributed by atoms with Crippen LogP contribution >= 0.6 is 11.6 Å². The molecule has 1 aliphatic carbocycles. The Hall–Kier alpha value is -1.02. The maximum atomic E-state index is 6.28. The van der Waals surface area contributed by atoms with Crippen molar-refractivity contribution < 1.29 is 0 Å². The van der Waals surface area contributed by atoms with Crippen LogP contribution in [0.2, 0.25) is 0 Å². The van der Waals surface area contributed by atoms with E-state index in [4.69, 9.17) is 16.6 Å². The first-order valence-corrected chi connectivity index (χ1v) is 7.10. The molecular weight excluding hydrogens is 244 g/mol. The molecule has 0 bridgehead atoms. The summed E-state index contributed by atoms with van der Waals surface area (Å²) in [5.41, 5.74) is 3.58. The zero-order chi connectivity index (χ0) is 12.9. The van der Waals surface area contributed by atoms with Gasteiger partial charge in [-0.25, -0.2) is 4.98 Å². The molecule has 1 aromatic heterocycles. The monoisotopic (exact) mass is 262 g/mol. The summed E-state index contributed by atoms with van der Waals surface area (Å²) in [6.07, 6.45) is 1.33. The molecule has 96 valence electrons. The lowest BCUT2D eigenvalue weighted by Gasteiger charge is -2.10. The summed E-state index contributed by atoms with van der Waals surface area (Å²) in [7, 11) is 0. The molecule has 1 fully saturated rings. The van der Waals surface area contributed by atoms with Gasteiger partial charge in [0.05, 0.1) is 16.4 Å². The van der Waals surface area contributed by atoms with E-state index in [1.165, 1.54) is 17.5 Å². The van der Waals surface area contributed by atoms with Gasteiger partial charge in [-0.05, 0) is 49.8 Å². The predicted octanol–water partition coefficient (Wildman–Crippen LogP) is 4.30. The van der Waals surface area contributed by atoms with Crippen molar-refractivity contribution in [3.05, 3.63) is 29.6 Å². The Balaban J connectivity index is 2.10. The van der Waals surface area contributed by atoms with Crippen LogP contribution in [0.15, 0.2) is 18.2 Å². The molecule has 2 nitrogen and oxygen atoms in total. The predicted molar refractivity (Wildman–Crippen MR) is 76.0 cm³/mol. The molecule has 0 amide bonds. The van der Waals surface area contributed by atoms with Gasteiger partial charge in [-0.1, -0.05) is 13.0 Å². The van der Waals surface area contributed by atoms with Crippen molar-refractivity contribution in [1.29, 1.82) is 0 Å². The fourth-order valence-corrected chi connectivity index (χ4v) is 2.80. The SMILES string of the molecule is Cc1ccc2nc(C(C)Cl)n(CC3CC3C)c2c1. The third kappa shape index (κ3) is 2.03. The summed E-state index contributed by atoms with van der Waals surface area (Å²) in [5, 5.41) is -0.0354. The molecule has 1 aliphatic rings. The molecule has 3 atom stereocenters. The molecule has 18 heavy (non-hydrogen) atoms. The smallest absolute Gasteiger partial charge is 0.127 e. The van der Waals surface area contributed by atoms with Crippen LogP contribution in [0, 0.1) is 18.8 Å². The second-order valence-electron chi connectivity index (χ2n) is 5.66. The second kappa shape index (κ2) is 4.27. The van der Waals surface area contributed by atoms with E-state index in [1.807, 2.05) is 6.92 Å². The molecule has 2 aromatic rings. The number of rotatable bonds is 3. The van der Waals surface area contributed by atoms with Gasteiger partial charge in [-0.15, -0.1) is 11.6 Å². The largest absolute Gasteiger partial charge is 0.326 e. The lowest BCUT2D eigenvalue weighted by atomic mass is 10.2. The molecule has 0 saturated heterocycles. The molecule has 3 rings (SSSR count). The first-order valence-electron chi connectivity index (χ1n) is 6.67. The second-order valence-corrected chi connectivity index (χ2v) is 6.32. The van der Waals surface area contributed by atoms with E-state index in [-0.39, 0.29) is 5.38 Å². The Morgan fingerprint density at radius 3 is 2.83 bits per heavy atom. The minimum absolute atomic E-state index is 0.0354. The van der Waals surface area contributed by atoms with Crippen LogP contribution in [0.1, 0.15) is 37.0 Å². The number of imidazole rings is 1.